The second-order valence-corrected chi connectivity index (χ2v) is 3.99. The van der Waals surface area contributed by atoms with Crippen LogP contribution in [0.2, 0.25) is 0 Å². The van der Waals surface area contributed by atoms with E-state index in [2.05, 4.69) is 12.8 Å². The number of hydrogen-bond donors (Lipinski definition) is 1. The van der Waals surface area contributed by atoms with Gasteiger partial charge in [0.1, 0.15) is 0 Å². The predicted molar refractivity (Wildman–Crippen MR) is 46.0 cm³/mol. The fraction of sp³-hybridized carbons (Fsp3) is 0.800. The van der Waals surface area contributed by atoms with Gasteiger partial charge >= 0.3 is 0 Å². The number of hydrogen-bond acceptors (Lipinski definition) is 1. The highest BCUT2D eigenvalue weighted by Crippen LogP contribution is 2.65. The lowest BCUT2D eigenvalue weighted by Crippen LogP contribution is -2.22. The highest BCUT2D eigenvalue weighted by atomic mass is 16.3. The van der Waals surface area contributed by atoms with E-state index in [4.69, 9.17) is 6.42 Å². The highest BCUT2D eigenvalue weighted by molar-refractivity contribution is 5.25. The lowest BCUT2D eigenvalue weighted by Gasteiger charge is -2.19. The van der Waals surface area contributed by atoms with Crippen molar-refractivity contribution in [2.75, 3.05) is 0 Å². The van der Waals surface area contributed by atoms with E-state index in [9.17, 15) is 5.11 Å². The molecule has 1 aliphatic rings. The van der Waals surface area contributed by atoms with E-state index in [0.29, 0.717) is 0 Å². The molecule has 1 N–H and O–H groups in total. The summed E-state index contributed by atoms with van der Waals surface area (Å²) in [4.78, 5) is 0. The summed E-state index contributed by atoms with van der Waals surface area (Å²) in [5, 5.41) is 9.63. The molecular formula is C10H16O. The minimum atomic E-state index is -0.233. The molecule has 0 aromatic heterocycles. The van der Waals surface area contributed by atoms with E-state index in [-0.39, 0.29) is 16.9 Å². The third kappa shape index (κ3) is 0.973. The van der Waals surface area contributed by atoms with E-state index in [1.165, 1.54) is 0 Å². The Morgan fingerprint density at radius 2 is 2.18 bits per heavy atom. The van der Waals surface area contributed by atoms with Gasteiger partial charge in [0.2, 0.25) is 0 Å². The molecule has 3 atom stereocenters. The molecule has 11 heavy (non-hydrogen) atoms. The Labute approximate surface area is 68.8 Å². The first-order valence-corrected chi connectivity index (χ1v) is 4.16. The first-order chi connectivity index (χ1) is 5.00. The van der Waals surface area contributed by atoms with Crippen molar-refractivity contribution in [2.24, 2.45) is 10.8 Å². The zero-order valence-corrected chi connectivity index (χ0v) is 7.52. The summed E-state index contributed by atoms with van der Waals surface area (Å²) in [7, 11) is 0. The molecule has 1 saturated carbocycles. The van der Waals surface area contributed by atoms with Gasteiger partial charge in [0.15, 0.2) is 0 Å². The summed E-state index contributed by atoms with van der Waals surface area (Å²) in [5.41, 5.74) is -0.0705. The van der Waals surface area contributed by atoms with Crippen molar-refractivity contribution in [3.8, 4) is 12.3 Å². The van der Waals surface area contributed by atoms with Crippen LogP contribution < -0.4 is 0 Å². The Bertz CT molecular complexity index is 203. The molecule has 0 aromatic carbocycles. The summed E-state index contributed by atoms with van der Waals surface area (Å²) in [6, 6.07) is 0. The normalized spacial score (nSPS) is 44.6. The fourth-order valence-corrected chi connectivity index (χ4v) is 1.84. The maximum Gasteiger partial charge on any atom is 0.0606 e. The molecule has 0 heterocycles. The van der Waals surface area contributed by atoms with Crippen LogP contribution in [0.1, 0.15) is 33.6 Å². The van der Waals surface area contributed by atoms with Crippen molar-refractivity contribution < 1.29 is 5.11 Å². The van der Waals surface area contributed by atoms with Crippen LogP contribution in [0.25, 0.3) is 0 Å². The first-order valence-electron chi connectivity index (χ1n) is 4.16. The molecule has 0 aromatic rings. The molecule has 0 amide bonds. The first kappa shape index (κ1) is 8.62. The number of aliphatic hydroxyl groups excluding tert-OH is 1. The average Bonchev–Trinajstić information content (AvgIpc) is 2.56. The molecule has 1 aliphatic carbocycles. The third-order valence-corrected chi connectivity index (χ3v) is 3.30. The predicted octanol–water partition coefficient (Wildman–Crippen LogP) is 1.81. The van der Waals surface area contributed by atoms with Crippen molar-refractivity contribution >= 4 is 0 Å². The van der Waals surface area contributed by atoms with Gasteiger partial charge in [-0.15, -0.1) is 6.42 Å². The molecule has 3 unspecified atom stereocenters. The van der Waals surface area contributed by atoms with Gasteiger partial charge in [0.25, 0.3) is 0 Å². The molecule has 1 heteroatoms. The minimum Gasteiger partial charge on any atom is -0.393 e. The fourth-order valence-electron chi connectivity index (χ4n) is 1.84. The molecular weight excluding hydrogens is 136 g/mol. The number of rotatable bonds is 2. The van der Waals surface area contributed by atoms with Crippen molar-refractivity contribution in [3.05, 3.63) is 0 Å². The van der Waals surface area contributed by atoms with Gasteiger partial charge in [-0.1, -0.05) is 19.8 Å². The van der Waals surface area contributed by atoms with E-state index in [1.54, 1.807) is 0 Å². The molecule has 62 valence electrons. The number of aliphatic hydroxyl groups is 1. The molecule has 0 spiro atoms. The van der Waals surface area contributed by atoms with Gasteiger partial charge in [-0.05, 0) is 19.8 Å². The van der Waals surface area contributed by atoms with Gasteiger partial charge in [-0.25, -0.2) is 0 Å². The molecule has 1 nitrogen and oxygen atoms in total. The second-order valence-electron chi connectivity index (χ2n) is 3.99. The summed E-state index contributed by atoms with van der Waals surface area (Å²) >= 11 is 0. The van der Waals surface area contributed by atoms with Crippen LogP contribution in [0, 0.1) is 23.2 Å². The SMILES string of the molecule is C#CC1(C)CC1(C)C(O)CC. The van der Waals surface area contributed by atoms with Gasteiger partial charge in [0.05, 0.1) is 6.10 Å². The highest BCUT2D eigenvalue weighted by Gasteiger charge is 2.63. The zero-order valence-electron chi connectivity index (χ0n) is 7.52. The monoisotopic (exact) mass is 152 g/mol. The lowest BCUT2D eigenvalue weighted by atomic mass is 9.90. The smallest absolute Gasteiger partial charge is 0.0606 e. The molecule has 0 radical (unpaired) electrons. The van der Waals surface area contributed by atoms with Gasteiger partial charge in [-0.3, -0.25) is 0 Å². The second kappa shape index (κ2) is 2.25. The van der Waals surface area contributed by atoms with Crippen molar-refractivity contribution in [3.63, 3.8) is 0 Å². The van der Waals surface area contributed by atoms with Crippen LogP contribution in [0.4, 0.5) is 0 Å². The summed E-state index contributed by atoms with van der Waals surface area (Å²) in [6.07, 6.45) is 6.91. The van der Waals surface area contributed by atoms with E-state index in [0.717, 1.165) is 12.8 Å². The molecule has 1 rings (SSSR count). The quantitative estimate of drug-likeness (QED) is 0.598. The summed E-state index contributed by atoms with van der Waals surface area (Å²) in [5.74, 6) is 2.76. The topological polar surface area (TPSA) is 20.2 Å². The molecule has 0 saturated heterocycles. The van der Waals surface area contributed by atoms with Gasteiger partial charge in [-0.2, -0.15) is 0 Å². The van der Waals surface area contributed by atoms with Crippen molar-refractivity contribution in [1.29, 1.82) is 0 Å². The Hall–Kier alpha value is -0.480. The van der Waals surface area contributed by atoms with Crippen LogP contribution >= 0.6 is 0 Å². The Morgan fingerprint density at radius 1 is 1.64 bits per heavy atom. The van der Waals surface area contributed by atoms with Crippen LogP contribution in [0.15, 0.2) is 0 Å². The van der Waals surface area contributed by atoms with Crippen LogP contribution in [0.3, 0.4) is 0 Å². The Balaban J connectivity index is 2.70. The minimum absolute atomic E-state index is 0.0174. The number of terminal acetylenes is 1. The van der Waals surface area contributed by atoms with E-state index in [1.807, 2.05) is 13.8 Å². The van der Waals surface area contributed by atoms with Gasteiger partial charge in [0, 0.05) is 10.8 Å². The largest absolute Gasteiger partial charge is 0.393 e. The maximum atomic E-state index is 9.63. The van der Waals surface area contributed by atoms with E-state index >= 15 is 0 Å². The Kier molecular flexibility index (Phi) is 1.76. The van der Waals surface area contributed by atoms with Gasteiger partial charge < -0.3 is 5.11 Å². The Morgan fingerprint density at radius 3 is 2.45 bits per heavy atom. The third-order valence-electron chi connectivity index (χ3n) is 3.30. The average molecular weight is 152 g/mol. The summed E-state index contributed by atoms with van der Waals surface area (Å²) < 4.78 is 0. The lowest BCUT2D eigenvalue weighted by molar-refractivity contribution is 0.0837. The van der Waals surface area contributed by atoms with Crippen LogP contribution in [0.5, 0.6) is 0 Å². The van der Waals surface area contributed by atoms with Crippen molar-refractivity contribution in [2.45, 2.75) is 39.7 Å². The van der Waals surface area contributed by atoms with Crippen LogP contribution in [-0.2, 0) is 0 Å². The van der Waals surface area contributed by atoms with E-state index < -0.39 is 0 Å². The standard InChI is InChI=1S/C10H16O/c1-5-8(11)10(4)7-9(10,3)6-2/h2,8,11H,5,7H2,1,3-4H3. The van der Waals surface area contributed by atoms with Crippen molar-refractivity contribution in [1.82, 2.24) is 0 Å². The molecule has 0 aliphatic heterocycles. The molecule has 0 bridgehead atoms. The summed E-state index contributed by atoms with van der Waals surface area (Å²) in [6.45, 7) is 6.11. The zero-order chi connectivity index (χ0) is 8.70. The maximum absolute atomic E-state index is 9.63. The molecule has 1 fully saturated rings. The van der Waals surface area contributed by atoms with Crippen LogP contribution in [-0.4, -0.2) is 11.2 Å².